The third kappa shape index (κ3) is 27.1. The van der Waals surface area contributed by atoms with Crippen LogP contribution in [0.2, 0.25) is 5.15 Å². The van der Waals surface area contributed by atoms with Gasteiger partial charge in [-0.05, 0) is 24.3 Å². The van der Waals surface area contributed by atoms with E-state index in [1.807, 2.05) is 24.3 Å². The van der Waals surface area contributed by atoms with E-state index in [4.69, 9.17) is 21.1 Å². The first kappa shape index (κ1) is 35.6. The van der Waals surface area contributed by atoms with E-state index in [-0.39, 0.29) is 31.0 Å². The Hall–Kier alpha value is -0.965. The van der Waals surface area contributed by atoms with Gasteiger partial charge >= 0.3 is 51.3 Å². The van der Waals surface area contributed by atoms with Gasteiger partial charge in [-0.1, -0.05) is 11.6 Å². The summed E-state index contributed by atoms with van der Waals surface area (Å²) >= 11 is 6.03. The van der Waals surface area contributed by atoms with Gasteiger partial charge in [0, 0.05) is 18.1 Å². The zero-order valence-electron chi connectivity index (χ0n) is 17.4. The molecule has 0 radical (unpaired) electrons. The molecule has 0 aliphatic carbocycles. The molecule has 182 valence electrons. The first-order valence-electron chi connectivity index (χ1n) is 7.48. The maximum atomic E-state index is 9.75. The minimum absolute atomic E-state index is 0. The van der Waals surface area contributed by atoms with Gasteiger partial charge in [0.1, 0.15) is 10.9 Å². The van der Waals surface area contributed by atoms with E-state index in [1.54, 1.807) is 14.2 Å². The predicted molar refractivity (Wildman–Crippen MR) is 95.7 cm³/mol. The molecule has 0 saturated heterocycles. The van der Waals surface area contributed by atoms with Crippen molar-refractivity contribution in [1.82, 2.24) is 4.98 Å². The fraction of sp³-hybridized carbons (Fsp3) is 0.250. The van der Waals surface area contributed by atoms with Crippen LogP contribution in [0.4, 0.5) is 51.8 Å². The van der Waals surface area contributed by atoms with Gasteiger partial charge in [-0.25, -0.2) is 4.98 Å². The molecule has 1 heterocycles. The van der Waals surface area contributed by atoms with Crippen molar-refractivity contribution in [3.8, 4) is 5.75 Å². The van der Waals surface area contributed by atoms with Crippen molar-refractivity contribution >= 4 is 44.3 Å². The first-order chi connectivity index (χ1) is 13.7. The van der Waals surface area contributed by atoms with Crippen molar-refractivity contribution in [2.45, 2.75) is 6.61 Å². The SMILES string of the molecule is COCc1cc2cc(OC)ccc2nc1Cl.F[B-](F)(F)F.F[B-](F)(F)F.F[B-](F)(F)F.[H-].[Na+]. The molecule has 0 aliphatic heterocycles. The van der Waals surface area contributed by atoms with E-state index >= 15 is 0 Å². The average Bonchev–Trinajstić information content (AvgIpc) is 2.50. The Labute approximate surface area is 202 Å². The Balaban J connectivity index is -0.000000207. The van der Waals surface area contributed by atoms with Gasteiger partial charge < -0.3 is 62.7 Å². The molecule has 0 saturated carbocycles. The van der Waals surface area contributed by atoms with Crippen molar-refractivity contribution < 1.29 is 92.2 Å². The molecule has 0 spiro atoms. The molecule has 2 rings (SSSR count). The topological polar surface area (TPSA) is 31.4 Å². The van der Waals surface area contributed by atoms with Crippen molar-refractivity contribution in [2.24, 2.45) is 0 Å². The molecule has 32 heavy (non-hydrogen) atoms. The molecule has 20 heteroatoms. The van der Waals surface area contributed by atoms with E-state index in [9.17, 15) is 51.8 Å². The second kappa shape index (κ2) is 15.8. The molecule has 0 amide bonds. The molecule has 3 nitrogen and oxygen atoms in total. The fourth-order valence-corrected chi connectivity index (χ4v) is 1.76. The summed E-state index contributed by atoms with van der Waals surface area (Å²) in [6.07, 6.45) is 0. The van der Waals surface area contributed by atoms with Crippen LogP contribution in [-0.4, -0.2) is 41.0 Å². The number of halogens is 13. The summed E-state index contributed by atoms with van der Waals surface area (Å²) in [7, 11) is -14.7. The van der Waals surface area contributed by atoms with Crippen LogP contribution in [-0.2, 0) is 11.3 Å². The number of pyridine rings is 1. The summed E-state index contributed by atoms with van der Waals surface area (Å²) < 4.78 is 127. The Morgan fingerprint density at radius 3 is 1.56 bits per heavy atom. The third-order valence-electron chi connectivity index (χ3n) is 2.35. The fourth-order valence-electron chi connectivity index (χ4n) is 1.56. The summed E-state index contributed by atoms with van der Waals surface area (Å²) in [4.78, 5) is 4.30. The normalized spacial score (nSPS) is 11.0. The maximum absolute atomic E-state index is 9.75. The Kier molecular flexibility index (Phi) is 17.6. The molecular weight excluding hydrogens is 509 g/mol. The quantitative estimate of drug-likeness (QED) is 0.347. The minimum Gasteiger partial charge on any atom is -1.00 e. The Bertz CT molecular complexity index is 755. The van der Waals surface area contributed by atoms with Crippen molar-refractivity contribution in [3.05, 3.63) is 35.0 Å². The molecule has 1 aromatic heterocycles. The van der Waals surface area contributed by atoms with Crippen molar-refractivity contribution in [1.29, 1.82) is 0 Å². The van der Waals surface area contributed by atoms with Crippen LogP contribution in [0, 0.1) is 0 Å². The van der Waals surface area contributed by atoms with Gasteiger partial charge in [0.25, 0.3) is 0 Å². The van der Waals surface area contributed by atoms with E-state index in [2.05, 4.69) is 4.98 Å². The number of hydrogen-bond acceptors (Lipinski definition) is 3. The van der Waals surface area contributed by atoms with Crippen LogP contribution in [0.3, 0.4) is 0 Å². The summed E-state index contributed by atoms with van der Waals surface area (Å²) in [6, 6.07) is 7.65. The van der Waals surface area contributed by atoms with Gasteiger partial charge in [0.05, 0.1) is 19.2 Å². The third-order valence-corrected chi connectivity index (χ3v) is 2.68. The zero-order valence-corrected chi connectivity index (χ0v) is 19.2. The number of methoxy groups -OCH3 is 2. The molecular formula is C12H13B3ClF12NNaO2-3. The molecule has 0 fully saturated rings. The summed E-state index contributed by atoms with van der Waals surface area (Å²) in [5.74, 6) is 0.806. The second-order valence-corrected chi connectivity index (χ2v) is 5.27. The van der Waals surface area contributed by atoms with Crippen LogP contribution in [0.5, 0.6) is 5.75 Å². The van der Waals surface area contributed by atoms with Gasteiger partial charge in [-0.3, -0.25) is 0 Å². The van der Waals surface area contributed by atoms with Crippen LogP contribution in [0.15, 0.2) is 24.3 Å². The number of fused-ring (bicyclic) bond motifs is 1. The monoisotopic (exact) mass is 522 g/mol. The van der Waals surface area contributed by atoms with Crippen molar-refractivity contribution in [3.63, 3.8) is 0 Å². The molecule has 0 unspecified atom stereocenters. The van der Waals surface area contributed by atoms with Crippen LogP contribution in [0.1, 0.15) is 6.99 Å². The number of hydrogen-bond donors (Lipinski definition) is 0. The molecule has 0 atom stereocenters. The van der Waals surface area contributed by atoms with Gasteiger partial charge in [-0.2, -0.15) is 0 Å². The first-order valence-corrected chi connectivity index (χ1v) is 7.86. The summed E-state index contributed by atoms with van der Waals surface area (Å²) in [6.45, 7) is 0.457. The van der Waals surface area contributed by atoms with Gasteiger partial charge in [-0.15, -0.1) is 0 Å². The van der Waals surface area contributed by atoms with Gasteiger partial charge in [0.2, 0.25) is 0 Å². The Morgan fingerprint density at radius 2 is 1.22 bits per heavy atom. The number of nitrogens with zero attached hydrogens (tertiary/aromatic N) is 1. The largest absolute Gasteiger partial charge is 1.00 e. The van der Waals surface area contributed by atoms with Crippen molar-refractivity contribution in [2.75, 3.05) is 14.2 Å². The molecule has 0 bridgehead atoms. The van der Waals surface area contributed by atoms with Crippen LogP contribution >= 0.6 is 11.6 Å². The van der Waals surface area contributed by atoms with E-state index < -0.39 is 21.8 Å². The van der Waals surface area contributed by atoms with E-state index in [1.165, 1.54) is 0 Å². The predicted octanol–water partition coefficient (Wildman–Crippen LogP) is 4.06. The number of rotatable bonds is 3. The summed E-state index contributed by atoms with van der Waals surface area (Å²) in [5.41, 5.74) is 1.73. The standard InChI is InChI=1S/C12H12ClNO2.3BF4.Na.H/c1-15-7-9-5-8-6-10(16-2)3-4-11(8)14-12(9)13;3*2-1(3,4)5;;/h3-6H,7H2,1-2H3;;;;;/q;3*-1;+1;-1. The second-order valence-electron chi connectivity index (χ2n) is 4.91. The van der Waals surface area contributed by atoms with E-state index in [0.29, 0.717) is 11.8 Å². The molecule has 2 aromatic rings. The number of benzene rings is 1. The minimum atomic E-state index is -6.00. The summed E-state index contributed by atoms with van der Waals surface area (Å²) in [5, 5.41) is 1.48. The average molecular weight is 522 g/mol. The Morgan fingerprint density at radius 1 is 0.812 bits per heavy atom. The van der Waals surface area contributed by atoms with Gasteiger partial charge in [0.15, 0.2) is 0 Å². The van der Waals surface area contributed by atoms with Crippen LogP contribution < -0.4 is 34.3 Å². The van der Waals surface area contributed by atoms with Crippen LogP contribution in [0.25, 0.3) is 10.9 Å². The maximum Gasteiger partial charge on any atom is 1.00 e. The number of aromatic nitrogens is 1. The molecule has 0 N–H and O–H groups in total. The van der Waals surface area contributed by atoms with E-state index in [0.717, 1.165) is 22.2 Å². The molecule has 1 aromatic carbocycles. The zero-order chi connectivity index (χ0) is 25.0. The number of ether oxygens (including phenoxy) is 2. The smallest absolute Gasteiger partial charge is 1.00 e. The molecule has 0 aliphatic rings.